The highest BCUT2D eigenvalue weighted by Crippen LogP contribution is 2.25. The van der Waals surface area contributed by atoms with Gasteiger partial charge in [-0.3, -0.25) is 9.59 Å². The third kappa shape index (κ3) is 6.32. The minimum absolute atomic E-state index is 0.0434. The molecule has 0 aromatic rings. The molecule has 0 bridgehead atoms. The van der Waals surface area contributed by atoms with Crippen LogP contribution in [0.4, 0.5) is 0 Å². The van der Waals surface area contributed by atoms with Crippen molar-refractivity contribution in [3.05, 3.63) is 0 Å². The van der Waals surface area contributed by atoms with Crippen molar-refractivity contribution in [2.45, 2.75) is 63.7 Å². The molecular weight excluding hydrogens is 262 g/mol. The molecular formula is C14H25NO3S. The molecule has 2 atom stereocenters. The highest BCUT2D eigenvalue weighted by Gasteiger charge is 2.30. The summed E-state index contributed by atoms with van der Waals surface area (Å²) in [5.74, 6) is -0.855. The van der Waals surface area contributed by atoms with Gasteiger partial charge in [0, 0.05) is 10.8 Å². The van der Waals surface area contributed by atoms with Crippen LogP contribution in [0.3, 0.4) is 0 Å². The van der Waals surface area contributed by atoms with Crippen LogP contribution in [0, 0.1) is 5.92 Å². The molecule has 0 aromatic heterocycles. The van der Waals surface area contributed by atoms with E-state index in [9.17, 15) is 14.7 Å². The van der Waals surface area contributed by atoms with Crippen molar-refractivity contribution in [1.29, 1.82) is 0 Å². The van der Waals surface area contributed by atoms with E-state index in [1.54, 1.807) is 11.8 Å². The monoisotopic (exact) mass is 287 g/mol. The molecule has 1 aliphatic carbocycles. The summed E-state index contributed by atoms with van der Waals surface area (Å²) >= 11 is 1.59. The molecule has 0 aliphatic heterocycles. The van der Waals surface area contributed by atoms with E-state index >= 15 is 0 Å². The molecule has 0 aromatic carbocycles. The molecule has 1 amide bonds. The molecule has 1 saturated carbocycles. The van der Waals surface area contributed by atoms with Crippen molar-refractivity contribution in [3.63, 3.8) is 0 Å². The van der Waals surface area contributed by atoms with Gasteiger partial charge in [0.05, 0.1) is 11.7 Å². The first kappa shape index (κ1) is 16.3. The summed E-state index contributed by atoms with van der Waals surface area (Å²) in [6.07, 6.45) is 4.46. The zero-order valence-electron chi connectivity index (χ0n) is 12.1. The van der Waals surface area contributed by atoms with Crippen molar-refractivity contribution < 1.29 is 14.7 Å². The van der Waals surface area contributed by atoms with Crippen molar-refractivity contribution in [2.24, 2.45) is 5.92 Å². The van der Waals surface area contributed by atoms with Crippen LogP contribution in [0.15, 0.2) is 0 Å². The third-order valence-electron chi connectivity index (χ3n) is 3.32. The maximum absolute atomic E-state index is 11.9. The number of amides is 1. The standard InChI is InChI=1S/C14H25NO3S/c1-14(2,3)19-9-12(16)15-11-8-6-4-5-7-10(11)13(17)18/h10-11H,4-9H2,1-3H3,(H,15,16)(H,17,18). The number of carboxylic acid groups (broad SMARTS) is 1. The Balaban J connectivity index is 2.51. The van der Waals surface area contributed by atoms with Gasteiger partial charge in [-0.05, 0) is 12.8 Å². The lowest BCUT2D eigenvalue weighted by molar-refractivity contribution is -0.143. The van der Waals surface area contributed by atoms with E-state index in [4.69, 9.17) is 0 Å². The van der Waals surface area contributed by atoms with Gasteiger partial charge in [0.25, 0.3) is 0 Å². The van der Waals surface area contributed by atoms with Crippen LogP contribution in [0.2, 0.25) is 0 Å². The Kier molecular flexibility index (Phi) is 6.17. The minimum Gasteiger partial charge on any atom is -0.481 e. The number of thioether (sulfide) groups is 1. The molecule has 110 valence electrons. The quantitative estimate of drug-likeness (QED) is 0.780. The summed E-state index contributed by atoms with van der Waals surface area (Å²) in [5.41, 5.74) is 0. The van der Waals surface area contributed by atoms with E-state index in [2.05, 4.69) is 26.1 Å². The number of rotatable bonds is 4. The largest absolute Gasteiger partial charge is 0.481 e. The lowest BCUT2D eigenvalue weighted by atomic mass is 9.95. The average molecular weight is 287 g/mol. The van der Waals surface area contributed by atoms with E-state index < -0.39 is 11.9 Å². The third-order valence-corrected chi connectivity index (χ3v) is 4.59. The van der Waals surface area contributed by atoms with Crippen LogP contribution < -0.4 is 5.32 Å². The number of hydrogen-bond acceptors (Lipinski definition) is 3. The Morgan fingerprint density at radius 2 is 1.84 bits per heavy atom. The fourth-order valence-electron chi connectivity index (χ4n) is 2.31. The molecule has 2 unspecified atom stereocenters. The maximum atomic E-state index is 11.9. The number of carboxylic acids is 1. The van der Waals surface area contributed by atoms with Gasteiger partial charge in [-0.1, -0.05) is 40.0 Å². The first-order chi connectivity index (χ1) is 8.79. The summed E-state index contributed by atoms with van der Waals surface area (Å²) in [6.45, 7) is 6.20. The topological polar surface area (TPSA) is 66.4 Å². The van der Waals surface area contributed by atoms with Crippen LogP contribution in [0.25, 0.3) is 0 Å². The normalized spacial score (nSPS) is 24.6. The molecule has 5 heteroatoms. The van der Waals surface area contributed by atoms with Crippen LogP contribution in [-0.2, 0) is 9.59 Å². The highest BCUT2D eigenvalue weighted by atomic mass is 32.2. The SMILES string of the molecule is CC(C)(C)SCC(=O)NC1CCCCCC1C(=O)O. The number of aliphatic carboxylic acids is 1. The number of carbonyl (C=O) groups is 2. The Hall–Kier alpha value is -0.710. The second kappa shape index (κ2) is 7.17. The summed E-state index contributed by atoms with van der Waals surface area (Å²) in [4.78, 5) is 23.2. The second-order valence-corrected chi connectivity index (χ2v) is 7.96. The van der Waals surface area contributed by atoms with E-state index in [-0.39, 0.29) is 16.7 Å². The molecule has 0 saturated heterocycles. The van der Waals surface area contributed by atoms with Gasteiger partial charge in [0.1, 0.15) is 0 Å². The van der Waals surface area contributed by atoms with Crippen molar-refractivity contribution in [1.82, 2.24) is 5.32 Å². The van der Waals surface area contributed by atoms with Crippen LogP contribution in [0.5, 0.6) is 0 Å². The maximum Gasteiger partial charge on any atom is 0.308 e. The molecule has 0 spiro atoms. The van der Waals surface area contributed by atoms with Gasteiger partial charge in [0.2, 0.25) is 5.91 Å². The smallest absolute Gasteiger partial charge is 0.308 e. The highest BCUT2D eigenvalue weighted by molar-refractivity contribution is 8.01. The van der Waals surface area contributed by atoms with Gasteiger partial charge in [-0.15, -0.1) is 11.8 Å². The van der Waals surface area contributed by atoms with Crippen molar-refractivity contribution >= 4 is 23.6 Å². The van der Waals surface area contributed by atoms with Crippen LogP contribution in [-0.4, -0.2) is 33.5 Å². The molecule has 1 aliphatic rings. The summed E-state index contributed by atoms with van der Waals surface area (Å²) in [7, 11) is 0. The first-order valence-electron chi connectivity index (χ1n) is 6.96. The van der Waals surface area contributed by atoms with E-state index in [0.29, 0.717) is 12.2 Å². The van der Waals surface area contributed by atoms with Crippen molar-refractivity contribution in [3.8, 4) is 0 Å². The van der Waals surface area contributed by atoms with Gasteiger partial charge >= 0.3 is 5.97 Å². The zero-order chi connectivity index (χ0) is 14.5. The Morgan fingerprint density at radius 3 is 2.42 bits per heavy atom. The predicted molar refractivity (Wildman–Crippen MR) is 78.4 cm³/mol. The van der Waals surface area contributed by atoms with E-state index in [1.807, 2.05) is 0 Å². The minimum atomic E-state index is -0.782. The molecule has 19 heavy (non-hydrogen) atoms. The average Bonchev–Trinajstić information content (AvgIpc) is 2.51. The van der Waals surface area contributed by atoms with E-state index in [1.165, 1.54) is 0 Å². The molecule has 1 fully saturated rings. The lowest BCUT2D eigenvalue weighted by Crippen LogP contribution is -2.43. The number of hydrogen-bond donors (Lipinski definition) is 2. The van der Waals surface area contributed by atoms with Gasteiger partial charge in [-0.25, -0.2) is 0 Å². The fraction of sp³-hybridized carbons (Fsp3) is 0.857. The predicted octanol–water partition coefficient (Wildman–Crippen LogP) is 2.67. The Morgan fingerprint density at radius 1 is 1.21 bits per heavy atom. The summed E-state index contributed by atoms with van der Waals surface area (Å²) < 4.78 is 0.0486. The number of carbonyl (C=O) groups excluding carboxylic acids is 1. The van der Waals surface area contributed by atoms with Gasteiger partial charge < -0.3 is 10.4 Å². The van der Waals surface area contributed by atoms with Gasteiger partial charge in [0.15, 0.2) is 0 Å². The summed E-state index contributed by atoms with van der Waals surface area (Å²) in [5, 5.41) is 12.2. The molecule has 0 heterocycles. The second-order valence-electron chi connectivity index (χ2n) is 6.16. The van der Waals surface area contributed by atoms with Crippen molar-refractivity contribution in [2.75, 3.05) is 5.75 Å². The molecule has 0 radical (unpaired) electrons. The Labute approximate surface area is 119 Å². The molecule has 1 rings (SSSR count). The summed E-state index contributed by atoms with van der Waals surface area (Å²) in [6, 6.07) is -0.201. The fourth-order valence-corrected chi connectivity index (χ4v) is 2.95. The first-order valence-corrected chi connectivity index (χ1v) is 7.94. The van der Waals surface area contributed by atoms with E-state index in [0.717, 1.165) is 25.7 Å². The molecule has 4 nitrogen and oxygen atoms in total. The molecule has 2 N–H and O–H groups in total. The lowest BCUT2D eigenvalue weighted by Gasteiger charge is -2.24. The van der Waals surface area contributed by atoms with Crippen LogP contribution in [0.1, 0.15) is 52.9 Å². The zero-order valence-corrected chi connectivity index (χ0v) is 12.9. The number of nitrogens with one attached hydrogen (secondary N) is 1. The van der Waals surface area contributed by atoms with Gasteiger partial charge in [-0.2, -0.15) is 0 Å². The van der Waals surface area contributed by atoms with Crippen LogP contribution >= 0.6 is 11.8 Å². The Bertz CT molecular complexity index is 325.